The minimum Gasteiger partial charge on any atom is -0.356 e. The Hall–Kier alpha value is -0.220. The van der Waals surface area contributed by atoms with Crippen LogP contribution in [-0.4, -0.2) is 37.0 Å². The molecule has 3 nitrogen and oxygen atoms in total. The number of thioether (sulfide) groups is 1. The van der Waals surface area contributed by atoms with Gasteiger partial charge in [-0.25, -0.2) is 0 Å². The fraction of sp³-hybridized carbons (Fsp3) is 0.923. The van der Waals surface area contributed by atoms with Crippen molar-refractivity contribution in [2.45, 2.75) is 44.8 Å². The molecule has 2 unspecified atom stereocenters. The predicted octanol–water partition coefficient (Wildman–Crippen LogP) is 2.02. The minimum absolute atomic E-state index is 0.152. The summed E-state index contributed by atoms with van der Waals surface area (Å²) in [4.78, 5) is 12.3. The molecule has 0 spiro atoms. The summed E-state index contributed by atoms with van der Waals surface area (Å²) in [5, 5.41) is 7.09. The quantitative estimate of drug-likeness (QED) is 0.766. The van der Waals surface area contributed by atoms with Crippen LogP contribution in [0.25, 0.3) is 0 Å². The monoisotopic (exact) mass is 258 g/mol. The molecule has 1 aliphatic rings. The van der Waals surface area contributed by atoms with Gasteiger partial charge in [0.1, 0.15) is 0 Å². The lowest BCUT2D eigenvalue weighted by atomic mass is 9.77. The number of carbonyl (C=O) groups is 1. The predicted molar refractivity (Wildman–Crippen MR) is 75.4 cm³/mol. The first kappa shape index (κ1) is 14.8. The van der Waals surface area contributed by atoms with E-state index < -0.39 is 0 Å². The lowest BCUT2D eigenvalue weighted by Crippen LogP contribution is -2.50. The summed E-state index contributed by atoms with van der Waals surface area (Å²) < 4.78 is 0. The summed E-state index contributed by atoms with van der Waals surface area (Å²) in [6.45, 7) is 7.03. The molecule has 1 rings (SSSR count). The van der Waals surface area contributed by atoms with Gasteiger partial charge < -0.3 is 10.6 Å². The van der Waals surface area contributed by atoms with Crippen molar-refractivity contribution < 1.29 is 4.79 Å². The molecule has 0 radical (unpaired) electrons. The summed E-state index contributed by atoms with van der Waals surface area (Å²) >= 11 is 1.85. The van der Waals surface area contributed by atoms with Crippen LogP contribution in [0.4, 0.5) is 0 Å². The van der Waals surface area contributed by atoms with E-state index >= 15 is 0 Å². The van der Waals surface area contributed by atoms with Crippen molar-refractivity contribution in [3.05, 3.63) is 0 Å². The molecular formula is C13H26N2OS. The van der Waals surface area contributed by atoms with E-state index in [2.05, 4.69) is 30.7 Å². The Morgan fingerprint density at radius 3 is 2.88 bits per heavy atom. The third kappa shape index (κ3) is 4.18. The van der Waals surface area contributed by atoms with Crippen LogP contribution in [0.3, 0.4) is 0 Å². The largest absolute Gasteiger partial charge is 0.356 e. The van der Waals surface area contributed by atoms with Crippen LogP contribution in [0.5, 0.6) is 0 Å². The van der Waals surface area contributed by atoms with Crippen molar-refractivity contribution >= 4 is 17.7 Å². The van der Waals surface area contributed by atoms with E-state index in [1.807, 2.05) is 11.8 Å². The van der Waals surface area contributed by atoms with Crippen LogP contribution in [0.15, 0.2) is 0 Å². The lowest BCUT2D eigenvalue weighted by Gasteiger charge is -2.35. The second-order valence-electron chi connectivity index (χ2n) is 5.01. The fourth-order valence-electron chi connectivity index (χ4n) is 2.32. The molecule has 0 saturated carbocycles. The summed E-state index contributed by atoms with van der Waals surface area (Å²) in [5.74, 6) is 0.250. The van der Waals surface area contributed by atoms with Crippen LogP contribution in [0.2, 0.25) is 0 Å². The maximum absolute atomic E-state index is 12.3. The Labute approximate surface area is 109 Å². The van der Waals surface area contributed by atoms with Crippen molar-refractivity contribution in [1.82, 2.24) is 10.6 Å². The van der Waals surface area contributed by atoms with Gasteiger partial charge in [-0.15, -0.1) is 0 Å². The molecule has 17 heavy (non-hydrogen) atoms. The van der Waals surface area contributed by atoms with Crippen LogP contribution in [0.1, 0.15) is 39.5 Å². The van der Waals surface area contributed by atoms with E-state index in [1.165, 1.54) is 0 Å². The van der Waals surface area contributed by atoms with Crippen LogP contribution in [0, 0.1) is 5.41 Å². The normalized spacial score (nSPS) is 26.5. The zero-order valence-electron chi connectivity index (χ0n) is 11.3. The standard InChI is InChI=1S/C13H26N2OS/c1-4-13(7-5-8-14-10-13)12(16)15-9-6-11(2)17-3/h11,14H,4-10H2,1-3H3,(H,15,16). The molecule has 0 aromatic rings. The molecule has 1 aliphatic heterocycles. The lowest BCUT2D eigenvalue weighted by molar-refractivity contribution is -0.132. The van der Waals surface area contributed by atoms with Gasteiger partial charge >= 0.3 is 0 Å². The SMILES string of the molecule is CCC1(C(=O)NCCC(C)SC)CCCNC1. The minimum atomic E-state index is -0.152. The molecule has 0 aromatic carbocycles. The van der Waals surface area contributed by atoms with Crippen molar-refractivity contribution in [2.24, 2.45) is 5.41 Å². The van der Waals surface area contributed by atoms with Crippen molar-refractivity contribution in [2.75, 3.05) is 25.9 Å². The first-order valence-corrected chi connectivity index (χ1v) is 7.95. The average Bonchev–Trinajstić information content (AvgIpc) is 2.39. The Morgan fingerprint density at radius 2 is 2.35 bits per heavy atom. The molecule has 1 heterocycles. The Balaban J connectivity index is 2.38. The summed E-state index contributed by atoms with van der Waals surface area (Å²) in [5.41, 5.74) is -0.152. The van der Waals surface area contributed by atoms with Gasteiger partial charge in [0, 0.05) is 18.3 Å². The molecule has 1 fully saturated rings. The number of hydrogen-bond acceptors (Lipinski definition) is 3. The zero-order chi connectivity index (χ0) is 12.7. The highest BCUT2D eigenvalue weighted by Gasteiger charge is 2.37. The maximum atomic E-state index is 12.3. The van der Waals surface area contributed by atoms with Gasteiger partial charge in [0.25, 0.3) is 0 Å². The third-order valence-electron chi connectivity index (χ3n) is 3.87. The molecular weight excluding hydrogens is 232 g/mol. The summed E-state index contributed by atoms with van der Waals surface area (Å²) in [6.07, 6.45) is 6.25. The molecule has 2 atom stereocenters. The van der Waals surface area contributed by atoms with E-state index in [9.17, 15) is 4.79 Å². The second kappa shape index (κ2) is 7.27. The van der Waals surface area contributed by atoms with E-state index in [1.54, 1.807) is 0 Å². The van der Waals surface area contributed by atoms with E-state index in [0.717, 1.165) is 45.3 Å². The number of nitrogens with one attached hydrogen (secondary N) is 2. The average molecular weight is 258 g/mol. The van der Waals surface area contributed by atoms with Crippen LogP contribution >= 0.6 is 11.8 Å². The third-order valence-corrected chi connectivity index (χ3v) is 4.91. The fourth-order valence-corrected chi connectivity index (χ4v) is 2.67. The van der Waals surface area contributed by atoms with Gasteiger partial charge in [-0.1, -0.05) is 13.8 Å². The molecule has 100 valence electrons. The number of piperidine rings is 1. The topological polar surface area (TPSA) is 41.1 Å². The highest BCUT2D eigenvalue weighted by molar-refractivity contribution is 7.99. The van der Waals surface area contributed by atoms with Gasteiger partial charge in [0.2, 0.25) is 5.91 Å². The van der Waals surface area contributed by atoms with Gasteiger partial charge in [-0.3, -0.25) is 4.79 Å². The molecule has 0 aliphatic carbocycles. The summed E-state index contributed by atoms with van der Waals surface area (Å²) in [6, 6.07) is 0. The molecule has 1 amide bonds. The molecule has 0 aromatic heterocycles. The first-order valence-electron chi connectivity index (χ1n) is 6.66. The Bertz CT molecular complexity index is 240. The molecule has 0 bridgehead atoms. The number of carbonyl (C=O) groups excluding carboxylic acids is 1. The molecule has 2 N–H and O–H groups in total. The highest BCUT2D eigenvalue weighted by Crippen LogP contribution is 2.30. The zero-order valence-corrected chi connectivity index (χ0v) is 12.2. The Morgan fingerprint density at radius 1 is 1.59 bits per heavy atom. The van der Waals surface area contributed by atoms with E-state index in [0.29, 0.717) is 5.25 Å². The van der Waals surface area contributed by atoms with Gasteiger partial charge in [-0.05, 0) is 38.5 Å². The molecule has 4 heteroatoms. The van der Waals surface area contributed by atoms with Crippen molar-refractivity contribution in [3.63, 3.8) is 0 Å². The summed E-state index contributed by atoms with van der Waals surface area (Å²) in [7, 11) is 0. The van der Waals surface area contributed by atoms with Crippen LogP contribution < -0.4 is 10.6 Å². The van der Waals surface area contributed by atoms with Gasteiger partial charge in [0.15, 0.2) is 0 Å². The first-order chi connectivity index (χ1) is 8.14. The van der Waals surface area contributed by atoms with E-state index in [-0.39, 0.29) is 11.3 Å². The van der Waals surface area contributed by atoms with Crippen molar-refractivity contribution in [3.8, 4) is 0 Å². The van der Waals surface area contributed by atoms with Crippen LogP contribution in [-0.2, 0) is 4.79 Å². The number of hydrogen-bond donors (Lipinski definition) is 2. The van der Waals surface area contributed by atoms with Crippen molar-refractivity contribution in [1.29, 1.82) is 0 Å². The van der Waals surface area contributed by atoms with Gasteiger partial charge in [-0.2, -0.15) is 11.8 Å². The highest BCUT2D eigenvalue weighted by atomic mass is 32.2. The maximum Gasteiger partial charge on any atom is 0.227 e. The smallest absolute Gasteiger partial charge is 0.227 e. The number of amides is 1. The van der Waals surface area contributed by atoms with E-state index in [4.69, 9.17) is 0 Å². The van der Waals surface area contributed by atoms with Gasteiger partial charge in [0.05, 0.1) is 5.41 Å². The second-order valence-corrected chi connectivity index (χ2v) is 6.28. The number of rotatable bonds is 6. The molecule has 1 saturated heterocycles. The Kier molecular flexibility index (Phi) is 6.34.